The van der Waals surface area contributed by atoms with Crippen LogP contribution in [-0.2, 0) is 5.41 Å². The Morgan fingerprint density at radius 2 is 0.885 bits per heavy atom. The molecule has 1 aliphatic carbocycles. The van der Waals surface area contributed by atoms with Gasteiger partial charge in [-0.1, -0.05) is 206 Å². The van der Waals surface area contributed by atoms with Crippen LogP contribution in [0.3, 0.4) is 0 Å². The molecule has 0 saturated carbocycles. The van der Waals surface area contributed by atoms with Crippen molar-refractivity contribution in [3.05, 3.63) is 259 Å². The smallest absolute Gasteiger partial charge is 0.0713 e. The van der Waals surface area contributed by atoms with E-state index in [9.17, 15) is 0 Å². The minimum Gasteiger partial charge on any atom is -0.309 e. The predicted octanol–water partition coefficient (Wildman–Crippen LogP) is 16.4. The monoisotopic (exact) mass is 793 g/mol. The average Bonchev–Trinajstić information content (AvgIpc) is 3.87. The highest BCUT2D eigenvalue weighted by molar-refractivity contribution is 7.26. The van der Waals surface area contributed by atoms with E-state index in [-0.39, 0.29) is 0 Å². The van der Waals surface area contributed by atoms with Crippen molar-refractivity contribution in [3.8, 4) is 33.4 Å². The minimum atomic E-state index is -0.448. The van der Waals surface area contributed by atoms with Crippen LogP contribution in [0.4, 0.5) is 17.1 Å². The molecule has 61 heavy (non-hydrogen) atoms. The Kier molecular flexibility index (Phi) is 8.33. The molecule has 0 saturated heterocycles. The van der Waals surface area contributed by atoms with E-state index in [4.69, 9.17) is 0 Å². The number of para-hydroxylation sites is 1. The summed E-state index contributed by atoms with van der Waals surface area (Å²) in [7, 11) is 0. The molecule has 0 N–H and O–H groups in total. The number of hydrogen-bond acceptors (Lipinski definition) is 2. The summed E-state index contributed by atoms with van der Waals surface area (Å²) >= 11 is 1.88. The second-order valence-electron chi connectivity index (χ2n) is 15.9. The van der Waals surface area contributed by atoms with E-state index in [1.165, 1.54) is 86.6 Å². The highest BCUT2D eigenvalue weighted by Crippen LogP contribution is 2.58. The number of anilines is 3. The molecule has 286 valence electrons. The molecule has 1 nitrogen and oxygen atoms in total. The van der Waals surface area contributed by atoms with E-state index in [0.717, 1.165) is 17.1 Å². The lowest BCUT2D eigenvalue weighted by Crippen LogP contribution is -2.28. The fourth-order valence-electron chi connectivity index (χ4n) is 10.2. The first-order chi connectivity index (χ1) is 30.3. The summed E-state index contributed by atoms with van der Waals surface area (Å²) in [4.78, 5) is 2.47. The van der Waals surface area contributed by atoms with Gasteiger partial charge in [0, 0.05) is 42.4 Å². The SMILES string of the molecule is c1ccc(C2(c3ccccc3)c3ccccc3-c3c(-c4ccc(N(c5ccccc5-c5cccc6c5sc5ccccc56)c5cccc6ccccc56)cc4)cccc32)cc1. The number of benzene rings is 10. The molecule has 1 aliphatic rings. The first-order valence-electron chi connectivity index (χ1n) is 21.0. The molecule has 0 bridgehead atoms. The summed E-state index contributed by atoms with van der Waals surface area (Å²) < 4.78 is 2.62. The van der Waals surface area contributed by atoms with Crippen LogP contribution < -0.4 is 4.90 Å². The van der Waals surface area contributed by atoms with Crippen molar-refractivity contribution >= 4 is 59.3 Å². The highest BCUT2D eigenvalue weighted by atomic mass is 32.1. The van der Waals surface area contributed by atoms with Crippen molar-refractivity contribution in [2.45, 2.75) is 5.41 Å². The molecule has 1 heterocycles. The number of nitrogens with zero attached hydrogens (tertiary/aromatic N) is 1. The van der Waals surface area contributed by atoms with Crippen LogP contribution >= 0.6 is 11.3 Å². The Balaban J connectivity index is 1.05. The van der Waals surface area contributed by atoms with Gasteiger partial charge in [0.1, 0.15) is 0 Å². The van der Waals surface area contributed by atoms with Gasteiger partial charge in [-0.2, -0.15) is 0 Å². The van der Waals surface area contributed by atoms with Crippen LogP contribution in [0.1, 0.15) is 22.3 Å². The number of thiophene rings is 1. The van der Waals surface area contributed by atoms with Gasteiger partial charge in [0.25, 0.3) is 0 Å². The third kappa shape index (κ3) is 5.46. The van der Waals surface area contributed by atoms with Crippen LogP contribution in [0.15, 0.2) is 237 Å². The lowest BCUT2D eigenvalue weighted by atomic mass is 9.67. The summed E-state index contributed by atoms with van der Waals surface area (Å²) in [6, 6.07) is 87.2. The summed E-state index contributed by atoms with van der Waals surface area (Å²) in [5, 5.41) is 5.03. The van der Waals surface area contributed by atoms with Crippen molar-refractivity contribution in [2.75, 3.05) is 4.90 Å². The van der Waals surface area contributed by atoms with Gasteiger partial charge in [0.2, 0.25) is 0 Å². The Morgan fingerprint density at radius 1 is 0.344 bits per heavy atom. The largest absolute Gasteiger partial charge is 0.309 e. The predicted molar refractivity (Wildman–Crippen MR) is 260 cm³/mol. The van der Waals surface area contributed by atoms with Crippen LogP contribution in [0.2, 0.25) is 0 Å². The zero-order valence-electron chi connectivity index (χ0n) is 33.4. The molecular formula is C59H39NS. The fourth-order valence-corrected chi connectivity index (χ4v) is 11.4. The van der Waals surface area contributed by atoms with Crippen molar-refractivity contribution < 1.29 is 0 Å². The van der Waals surface area contributed by atoms with Gasteiger partial charge in [-0.3, -0.25) is 0 Å². The molecule has 2 heteroatoms. The quantitative estimate of drug-likeness (QED) is 0.155. The zero-order valence-corrected chi connectivity index (χ0v) is 34.2. The average molecular weight is 794 g/mol. The van der Waals surface area contributed by atoms with Crippen molar-refractivity contribution in [1.82, 2.24) is 0 Å². The van der Waals surface area contributed by atoms with E-state index in [1.54, 1.807) is 0 Å². The number of fused-ring (bicyclic) bond motifs is 7. The highest BCUT2D eigenvalue weighted by Gasteiger charge is 2.46. The van der Waals surface area contributed by atoms with Crippen LogP contribution in [0.25, 0.3) is 64.3 Å². The first kappa shape index (κ1) is 35.4. The lowest BCUT2D eigenvalue weighted by molar-refractivity contribution is 0.768. The summed E-state index contributed by atoms with van der Waals surface area (Å²) in [6.07, 6.45) is 0. The Hall–Kier alpha value is -7.52. The standard InChI is InChI=1S/C59H39NS/c1-3-20-42(21-4-1)59(43-22-5-2-6-23-43)52-31-12-9-27-51(52)57-46(28-17-32-53(57)59)41-36-38-44(39-37-41)60(54-34-15-19-40-18-7-8-24-45(40)54)55-33-13-10-25-47(55)49-29-16-30-50-48-26-11-14-35-56(48)61-58(49)50/h1-39H. The number of hydrogen-bond donors (Lipinski definition) is 0. The molecule has 0 spiro atoms. The van der Waals surface area contributed by atoms with Gasteiger partial charge in [0.05, 0.1) is 16.8 Å². The molecule has 12 rings (SSSR count). The second-order valence-corrected chi connectivity index (χ2v) is 17.0. The first-order valence-corrected chi connectivity index (χ1v) is 21.8. The molecule has 10 aromatic carbocycles. The summed E-state index contributed by atoms with van der Waals surface area (Å²) in [6.45, 7) is 0. The van der Waals surface area contributed by atoms with Gasteiger partial charge in [-0.05, 0) is 80.2 Å². The zero-order chi connectivity index (χ0) is 40.3. The van der Waals surface area contributed by atoms with E-state index in [0.29, 0.717) is 0 Å². The molecule has 0 atom stereocenters. The van der Waals surface area contributed by atoms with Gasteiger partial charge >= 0.3 is 0 Å². The van der Waals surface area contributed by atoms with Crippen molar-refractivity contribution in [3.63, 3.8) is 0 Å². The van der Waals surface area contributed by atoms with E-state index in [1.807, 2.05) is 11.3 Å². The molecular weight excluding hydrogens is 755 g/mol. The number of rotatable bonds is 7. The van der Waals surface area contributed by atoms with E-state index in [2.05, 4.69) is 241 Å². The van der Waals surface area contributed by atoms with Crippen molar-refractivity contribution in [2.24, 2.45) is 0 Å². The van der Waals surface area contributed by atoms with Crippen LogP contribution in [-0.4, -0.2) is 0 Å². The molecule has 0 radical (unpaired) electrons. The van der Waals surface area contributed by atoms with E-state index >= 15 is 0 Å². The summed E-state index contributed by atoms with van der Waals surface area (Å²) in [5.74, 6) is 0. The van der Waals surface area contributed by atoms with Gasteiger partial charge in [-0.25, -0.2) is 0 Å². The molecule has 1 aromatic heterocycles. The van der Waals surface area contributed by atoms with Crippen molar-refractivity contribution in [1.29, 1.82) is 0 Å². The summed E-state index contributed by atoms with van der Waals surface area (Å²) in [5.41, 5.74) is 15.6. The molecule has 11 aromatic rings. The fraction of sp³-hybridized carbons (Fsp3) is 0.0169. The normalized spacial score (nSPS) is 12.7. The Labute approximate surface area is 360 Å². The van der Waals surface area contributed by atoms with Gasteiger partial charge in [-0.15, -0.1) is 11.3 Å². The topological polar surface area (TPSA) is 3.24 Å². The molecule has 0 amide bonds. The maximum Gasteiger partial charge on any atom is 0.0713 e. The molecule has 0 fully saturated rings. The molecule has 0 unspecified atom stereocenters. The molecule has 0 aliphatic heterocycles. The van der Waals surface area contributed by atoms with E-state index < -0.39 is 5.41 Å². The Bertz CT molecular complexity index is 3370. The maximum atomic E-state index is 2.47. The second kappa shape index (κ2) is 14.3. The third-order valence-corrected chi connectivity index (χ3v) is 14.0. The third-order valence-electron chi connectivity index (χ3n) is 12.8. The van der Waals surface area contributed by atoms with Crippen LogP contribution in [0.5, 0.6) is 0 Å². The lowest BCUT2D eigenvalue weighted by Gasteiger charge is -2.34. The van der Waals surface area contributed by atoms with Crippen LogP contribution in [0, 0.1) is 0 Å². The maximum absolute atomic E-state index is 2.47. The Morgan fingerprint density at radius 3 is 1.69 bits per heavy atom. The minimum absolute atomic E-state index is 0.448. The van der Waals surface area contributed by atoms with Gasteiger partial charge in [0.15, 0.2) is 0 Å². The van der Waals surface area contributed by atoms with Gasteiger partial charge < -0.3 is 4.90 Å².